The van der Waals surface area contributed by atoms with Crippen LogP contribution in [0.4, 0.5) is 0 Å². The summed E-state index contributed by atoms with van der Waals surface area (Å²) >= 11 is 0. The van der Waals surface area contributed by atoms with Crippen molar-refractivity contribution >= 4 is 5.91 Å². The fourth-order valence-corrected chi connectivity index (χ4v) is 2.68. The van der Waals surface area contributed by atoms with Crippen LogP contribution in [-0.2, 0) is 17.9 Å². The van der Waals surface area contributed by atoms with Crippen LogP contribution in [0.3, 0.4) is 0 Å². The van der Waals surface area contributed by atoms with E-state index in [0.717, 1.165) is 44.7 Å². The molecule has 0 radical (unpaired) electrons. The number of benzene rings is 1. The molecule has 1 fully saturated rings. The lowest BCUT2D eigenvalue weighted by atomic mass is 10.1. The molecule has 22 heavy (non-hydrogen) atoms. The highest BCUT2D eigenvalue weighted by Crippen LogP contribution is 2.10. The lowest BCUT2D eigenvalue weighted by molar-refractivity contribution is -0.129. The number of nitrogens with zero attached hydrogens (tertiary/aromatic N) is 3. The Balaban J connectivity index is 1.83. The molecule has 1 N–H and O–H groups in total. The molecule has 0 unspecified atom stereocenters. The van der Waals surface area contributed by atoms with E-state index in [4.69, 9.17) is 5.11 Å². The quantitative estimate of drug-likeness (QED) is 0.873. The van der Waals surface area contributed by atoms with Gasteiger partial charge in [-0.05, 0) is 30.6 Å². The molecule has 0 spiro atoms. The van der Waals surface area contributed by atoms with Gasteiger partial charge in [0.15, 0.2) is 0 Å². The van der Waals surface area contributed by atoms with Crippen LogP contribution in [0.15, 0.2) is 24.3 Å². The molecule has 1 aliphatic rings. The third-order valence-corrected chi connectivity index (χ3v) is 4.15. The summed E-state index contributed by atoms with van der Waals surface area (Å²) in [5, 5.41) is 9.08. The molecule has 5 nitrogen and oxygen atoms in total. The van der Waals surface area contributed by atoms with E-state index in [1.807, 2.05) is 26.2 Å². The maximum Gasteiger partial charge on any atom is 0.236 e. The Morgan fingerprint density at radius 3 is 2.27 bits per heavy atom. The van der Waals surface area contributed by atoms with E-state index in [0.29, 0.717) is 6.54 Å². The molecule has 0 atom stereocenters. The van der Waals surface area contributed by atoms with E-state index in [-0.39, 0.29) is 12.5 Å². The van der Waals surface area contributed by atoms with E-state index in [2.05, 4.69) is 21.9 Å². The monoisotopic (exact) mass is 305 g/mol. The predicted molar refractivity (Wildman–Crippen MR) is 87.4 cm³/mol. The average molecular weight is 305 g/mol. The maximum absolute atomic E-state index is 11.8. The fraction of sp³-hybridized carbons (Fsp3) is 0.588. The third-order valence-electron chi connectivity index (χ3n) is 4.15. The Labute approximate surface area is 133 Å². The summed E-state index contributed by atoms with van der Waals surface area (Å²) in [6, 6.07) is 8.14. The van der Waals surface area contributed by atoms with Crippen molar-refractivity contribution in [3.63, 3.8) is 0 Å². The summed E-state index contributed by atoms with van der Waals surface area (Å²) in [5.74, 6) is 0.174. The topological polar surface area (TPSA) is 47.0 Å². The van der Waals surface area contributed by atoms with Gasteiger partial charge in [-0.15, -0.1) is 0 Å². The Morgan fingerprint density at radius 1 is 1.05 bits per heavy atom. The molecule has 122 valence electrons. The highest BCUT2D eigenvalue weighted by atomic mass is 16.3. The van der Waals surface area contributed by atoms with Gasteiger partial charge in [-0.25, -0.2) is 0 Å². The number of carbonyl (C=O) groups excluding carboxylic acids is 1. The SMILES string of the molecule is CN(C)C(=O)CN1CCCN(Cc2ccc(CO)cc2)CC1. The first-order valence-corrected chi connectivity index (χ1v) is 7.92. The zero-order chi connectivity index (χ0) is 15.9. The standard InChI is InChI=1S/C17H27N3O2/c1-18(2)17(22)13-20-9-3-8-19(10-11-20)12-15-4-6-16(14-21)7-5-15/h4-7,21H,3,8-14H2,1-2H3. The number of carbonyl (C=O) groups is 1. The number of hydrogen-bond acceptors (Lipinski definition) is 4. The second kappa shape index (κ2) is 8.27. The number of aliphatic hydroxyl groups excluding tert-OH is 1. The lowest BCUT2D eigenvalue weighted by Gasteiger charge is -2.22. The predicted octanol–water partition coefficient (Wildman–Crippen LogP) is 0.775. The van der Waals surface area contributed by atoms with E-state index >= 15 is 0 Å². The molecule has 0 aliphatic carbocycles. The van der Waals surface area contributed by atoms with Crippen LogP contribution in [0.2, 0.25) is 0 Å². The number of aliphatic hydroxyl groups is 1. The van der Waals surface area contributed by atoms with Crippen molar-refractivity contribution in [2.75, 3.05) is 46.8 Å². The van der Waals surface area contributed by atoms with Crippen LogP contribution in [0.5, 0.6) is 0 Å². The lowest BCUT2D eigenvalue weighted by Crippen LogP contribution is -2.38. The highest BCUT2D eigenvalue weighted by molar-refractivity contribution is 5.77. The minimum Gasteiger partial charge on any atom is -0.392 e. The normalized spacial score (nSPS) is 17.2. The van der Waals surface area contributed by atoms with Gasteiger partial charge in [0.05, 0.1) is 13.2 Å². The molecule has 2 rings (SSSR count). The van der Waals surface area contributed by atoms with Gasteiger partial charge >= 0.3 is 0 Å². The summed E-state index contributed by atoms with van der Waals surface area (Å²) in [4.78, 5) is 18.2. The maximum atomic E-state index is 11.8. The zero-order valence-electron chi connectivity index (χ0n) is 13.7. The number of likely N-dealkylation sites (N-methyl/N-ethyl adjacent to an activating group) is 1. The highest BCUT2D eigenvalue weighted by Gasteiger charge is 2.17. The molecule has 0 saturated carbocycles. The largest absolute Gasteiger partial charge is 0.392 e. The number of rotatable bonds is 5. The minimum atomic E-state index is 0.0961. The molecule has 1 heterocycles. The van der Waals surface area contributed by atoms with Crippen LogP contribution in [0.1, 0.15) is 17.5 Å². The smallest absolute Gasteiger partial charge is 0.236 e. The van der Waals surface area contributed by atoms with Crippen molar-refractivity contribution in [3.05, 3.63) is 35.4 Å². The average Bonchev–Trinajstić information content (AvgIpc) is 2.73. The number of hydrogen-bond donors (Lipinski definition) is 1. The van der Waals surface area contributed by atoms with Gasteiger partial charge in [0.1, 0.15) is 0 Å². The van der Waals surface area contributed by atoms with Crippen molar-refractivity contribution in [2.45, 2.75) is 19.6 Å². The van der Waals surface area contributed by atoms with Crippen molar-refractivity contribution in [1.29, 1.82) is 0 Å². The molecule has 0 aromatic heterocycles. The molecule has 0 bridgehead atoms. The molecule has 1 aromatic rings. The Kier molecular flexibility index (Phi) is 6.36. The van der Waals surface area contributed by atoms with Gasteiger partial charge in [0.25, 0.3) is 0 Å². The van der Waals surface area contributed by atoms with E-state index in [1.54, 1.807) is 4.90 Å². The molecule has 1 aliphatic heterocycles. The Morgan fingerprint density at radius 2 is 1.64 bits per heavy atom. The van der Waals surface area contributed by atoms with E-state index in [1.165, 1.54) is 5.56 Å². The van der Waals surface area contributed by atoms with E-state index in [9.17, 15) is 4.79 Å². The first-order chi connectivity index (χ1) is 10.6. The van der Waals surface area contributed by atoms with Crippen LogP contribution in [0, 0.1) is 0 Å². The van der Waals surface area contributed by atoms with Gasteiger partial charge < -0.3 is 10.0 Å². The van der Waals surface area contributed by atoms with Crippen molar-refractivity contribution in [1.82, 2.24) is 14.7 Å². The van der Waals surface area contributed by atoms with Crippen LogP contribution in [0.25, 0.3) is 0 Å². The van der Waals surface area contributed by atoms with Gasteiger partial charge in [0, 0.05) is 33.7 Å². The van der Waals surface area contributed by atoms with Crippen molar-refractivity contribution in [3.8, 4) is 0 Å². The third kappa shape index (κ3) is 5.09. The van der Waals surface area contributed by atoms with Gasteiger partial charge in [0.2, 0.25) is 5.91 Å². The van der Waals surface area contributed by atoms with Gasteiger partial charge in [-0.2, -0.15) is 0 Å². The molecular weight excluding hydrogens is 278 g/mol. The van der Waals surface area contributed by atoms with Gasteiger partial charge in [-0.1, -0.05) is 24.3 Å². The Bertz CT molecular complexity index is 473. The second-order valence-electron chi connectivity index (χ2n) is 6.17. The zero-order valence-corrected chi connectivity index (χ0v) is 13.7. The van der Waals surface area contributed by atoms with Crippen molar-refractivity contribution in [2.24, 2.45) is 0 Å². The summed E-state index contributed by atoms with van der Waals surface area (Å²) in [6.45, 7) is 5.52. The molecule has 5 heteroatoms. The van der Waals surface area contributed by atoms with Crippen LogP contribution in [-0.4, -0.2) is 72.5 Å². The van der Waals surface area contributed by atoms with E-state index < -0.39 is 0 Å². The summed E-state index contributed by atoms with van der Waals surface area (Å²) < 4.78 is 0. The fourth-order valence-electron chi connectivity index (χ4n) is 2.68. The summed E-state index contributed by atoms with van der Waals surface area (Å²) in [7, 11) is 3.62. The Hall–Kier alpha value is -1.43. The van der Waals surface area contributed by atoms with Crippen LogP contribution < -0.4 is 0 Å². The summed E-state index contributed by atoms with van der Waals surface area (Å²) in [6.07, 6.45) is 1.09. The summed E-state index contributed by atoms with van der Waals surface area (Å²) in [5.41, 5.74) is 2.23. The molecule has 1 saturated heterocycles. The first-order valence-electron chi connectivity index (χ1n) is 7.92. The van der Waals surface area contributed by atoms with Crippen molar-refractivity contribution < 1.29 is 9.90 Å². The first kappa shape index (κ1) is 16.9. The van der Waals surface area contributed by atoms with Crippen LogP contribution >= 0.6 is 0 Å². The number of amides is 1. The van der Waals surface area contributed by atoms with Gasteiger partial charge in [-0.3, -0.25) is 14.6 Å². The second-order valence-corrected chi connectivity index (χ2v) is 6.17. The molecule has 1 amide bonds. The molecule has 1 aromatic carbocycles. The molecular formula is C17H27N3O2. The minimum absolute atomic E-state index is 0.0961.